The van der Waals surface area contributed by atoms with Gasteiger partial charge in [-0.25, -0.2) is 4.99 Å². The average molecular weight is 307 g/mol. The second kappa shape index (κ2) is 10.9. The molecule has 2 N–H and O–H groups in total. The van der Waals surface area contributed by atoms with Gasteiger partial charge in [-0.3, -0.25) is 0 Å². The molecule has 0 radical (unpaired) electrons. The molecule has 0 spiro atoms. The van der Waals surface area contributed by atoms with Gasteiger partial charge in [-0.1, -0.05) is 19.1 Å². The third-order valence-electron chi connectivity index (χ3n) is 3.24. The molecular formula is C17H29N3O2. The highest BCUT2D eigenvalue weighted by Crippen LogP contribution is 2.12. The maximum atomic E-state index is 5.55. The normalized spacial score (nSPS) is 12.8. The summed E-state index contributed by atoms with van der Waals surface area (Å²) >= 11 is 0. The monoisotopic (exact) mass is 307 g/mol. The summed E-state index contributed by atoms with van der Waals surface area (Å²) in [6.07, 6.45) is 1.07. The van der Waals surface area contributed by atoms with Crippen LogP contribution in [0, 0.1) is 0 Å². The summed E-state index contributed by atoms with van der Waals surface area (Å²) < 4.78 is 10.5. The Hall–Kier alpha value is -1.75. The minimum Gasteiger partial charge on any atom is -0.491 e. The van der Waals surface area contributed by atoms with Crippen molar-refractivity contribution in [3.63, 3.8) is 0 Å². The molecule has 0 aliphatic rings. The molecule has 0 saturated carbocycles. The van der Waals surface area contributed by atoms with Gasteiger partial charge in [0.1, 0.15) is 12.4 Å². The fraction of sp³-hybridized carbons (Fsp3) is 0.588. The summed E-state index contributed by atoms with van der Waals surface area (Å²) in [7, 11) is 1.67. The first-order valence-corrected chi connectivity index (χ1v) is 7.95. The molecule has 1 atom stereocenters. The number of hydrogen-bond donors (Lipinski definition) is 2. The Morgan fingerprint density at radius 2 is 1.91 bits per heavy atom. The van der Waals surface area contributed by atoms with Gasteiger partial charge in [-0.05, 0) is 38.0 Å². The molecule has 1 aromatic rings. The molecule has 0 aliphatic heterocycles. The molecule has 0 fully saturated rings. The van der Waals surface area contributed by atoms with E-state index < -0.39 is 0 Å². The number of benzene rings is 1. The molecule has 0 heterocycles. The summed E-state index contributed by atoms with van der Waals surface area (Å²) in [4.78, 5) is 4.61. The topological polar surface area (TPSA) is 54.9 Å². The first kappa shape index (κ1) is 18.3. The number of guanidine groups is 1. The second-order valence-electron chi connectivity index (χ2n) is 5.13. The van der Waals surface area contributed by atoms with Gasteiger partial charge in [0.05, 0.1) is 13.2 Å². The largest absolute Gasteiger partial charge is 0.491 e. The van der Waals surface area contributed by atoms with E-state index in [1.165, 1.54) is 0 Å². The van der Waals surface area contributed by atoms with Crippen molar-refractivity contribution in [2.45, 2.75) is 39.8 Å². The fourth-order valence-corrected chi connectivity index (χ4v) is 1.76. The van der Waals surface area contributed by atoms with Gasteiger partial charge in [0.15, 0.2) is 5.96 Å². The SMILES string of the molecule is CCNC(=NCc1ccc(OCCOC)cc1)NC(C)CC. The Morgan fingerprint density at radius 1 is 1.18 bits per heavy atom. The van der Waals surface area contributed by atoms with Gasteiger partial charge in [-0.2, -0.15) is 0 Å². The van der Waals surface area contributed by atoms with Crippen LogP contribution >= 0.6 is 0 Å². The van der Waals surface area contributed by atoms with Gasteiger partial charge in [-0.15, -0.1) is 0 Å². The second-order valence-corrected chi connectivity index (χ2v) is 5.13. The molecule has 0 aromatic heterocycles. The minimum absolute atomic E-state index is 0.411. The minimum atomic E-state index is 0.411. The number of nitrogens with zero attached hydrogens (tertiary/aromatic N) is 1. The molecule has 22 heavy (non-hydrogen) atoms. The molecule has 5 nitrogen and oxygen atoms in total. The average Bonchev–Trinajstić information content (AvgIpc) is 2.54. The molecular weight excluding hydrogens is 278 g/mol. The zero-order valence-electron chi connectivity index (χ0n) is 14.2. The number of methoxy groups -OCH3 is 1. The van der Waals surface area contributed by atoms with Crippen molar-refractivity contribution < 1.29 is 9.47 Å². The molecule has 1 aromatic carbocycles. The lowest BCUT2D eigenvalue weighted by Gasteiger charge is -2.16. The van der Waals surface area contributed by atoms with Crippen LogP contribution in [-0.4, -0.2) is 38.9 Å². The first-order valence-electron chi connectivity index (χ1n) is 7.95. The summed E-state index contributed by atoms with van der Waals surface area (Å²) in [6, 6.07) is 8.43. The van der Waals surface area contributed by atoms with Crippen LogP contribution in [0.1, 0.15) is 32.8 Å². The van der Waals surface area contributed by atoms with Crippen LogP contribution in [0.3, 0.4) is 0 Å². The van der Waals surface area contributed by atoms with E-state index in [2.05, 4.69) is 36.4 Å². The highest BCUT2D eigenvalue weighted by molar-refractivity contribution is 5.80. The standard InChI is InChI=1S/C17H29N3O2/c1-5-14(3)20-17(18-6-2)19-13-15-7-9-16(10-8-15)22-12-11-21-4/h7-10,14H,5-6,11-13H2,1-4H3,(H2,18,19,20). The summed E-state index contributed by atoms with van der Waals surface area (Å²) in [5.74, 6) is 1.71. The molecule has 124 valence electrons. The van der Waals surface area contributed by atoms with E-state index in [0.717, 1.165) is 30.2 Å². The van der Waals surface area contributed by atoms with Gasteiger partial charge >= 0.3 is 0 Å². The van der Waals surface area contributed by atoms with Crippen molar-refractivity contribution in [3.05, 3.63) is 29.8 Å². The van der Waals surface area contributed by atoms with Crippen molar-refractivity contribution in [3.8, 4) is 5.75 Å². The third kappa shape index (κ3) is 7.31. The van der Waals surface area contributed by atoms with E-state index in [9.17, 15) is 0 Å². The number of rotatable bonds is 9. The maximum absolute atomic E-state index is 5.55. The Kier molecular flexibility index (Phi) is 9.07. The van der Waals surface area contributed by atoms with E-state index in [1.807, 2.05) is 24.3 Å². The Morgan fingerprint density at radius 3 is 2.50 bits per heavy atom. The van der Waals surface area contributed by atoms with E-state index in [4.69, 9.17) is 9.47 Å². The van der Waals surface area contributed by atoms with E-state index >= 15 is 0 Å². The Balaban J connectivity index is 2.54. The fourth-order valence-electron chi connectivity index (χ4n) is 1.76. The molecule has 0 saturated heterocycles. The molecule has 0 aliphatic carbocycles. The predicted octanol–water partition coefficient (Wildman–Crippen LogP) is 2.57. The van der Waals surface area contributed by atoms with Gasteiger partial charge in [0.25, 0.3) is 0 Å². The van der Waals surface area contributed by atoms with Crippen molar-refractivity contribution in [1.82, 2.24) is 10.6 Å². The zero-order chi connectivity index (χ0) is 16.2. The lowest BCUT2D eigenvalue weighted by Crippen LogP contribution is -2.41. The van der Waals surface area contributed by atoms with Crippen LogP contribution in [-0.2, 0) is 11.3 Å². The van der Waals surface area contributed by atoms with Crippen molar-refractivity contribution >= 4 is 5.96 Å². The molecule has 0 bridgehead atoms. The first-order chi connectivity index (χ1) is 10.7. The third-order valence-corrected chi connectivity index (χ3v) is 3.24. The van der Waals surface area contributed by atoms with E-state index in [1.54, 1.807) is 7.11 Å². The smallest absolute Gasteiger partial charge is 0.191 e. The molecule has 1 unspecified atom stereocenters. The lowest BCUT2D eigenvalue weighted by molar-refractivity contribution is 0.146. The zero-order valence-corrected chi connectivity index (χ0v) is 14.2. The quantitative estimate of drug-likeness (QED) is 0.418. The Labute approximate surface area is 134 Å². The van der Waals surface area contributed by atoms with Crippen molar-refractivity contribution in [2.24, 2.45) is 4.99 Å². The molecule has 0 amide bonds. The van der Waals surface area contributed by atoms with Crippen LogP contribution in [0.15, 0.2) is 29.3 Å². The number of hydrogen-bond acceptors (Lipinski definition) is 3. The van der Waals surface area contributed by atoms with Crippen molar-refractivity contribution in [2.75, 3.05) is 26.9 Å². The summed E-state index contributed by atoms with van der Waals surface area (Å²) in [5.41, 5.74) is 1.15. The number of aliphatic imine (C=N–C) groups is 1. The van der Waals surface area contributed by atoms with Gasteiger partial charge < -0.3 is 20.1 Å². The number of ether oxygens (including phenoxy) is 2. The van der Waals surface area contributed by atoms with Crippen LogP contribution in [0.25, 0.3) is 0 Å². The van der Waals surface area contributed by atoms with Gasteiger partial charge in [0, 0.05) is 19.7 Å². The highest BCUT2D eigenvalue weighted by Gasteiger charge is 2.02. The van der Waals surface area contributed by atoms with E-state index in [0.29, 0.717) is 25.8 Å². The van der Waals surface area contributed by atoms with Crippen molar-refractivity contribution in [1.29, 1.82) is 0 Å². The van der Waals surface area contributed by atoms with Crippen LogP contribution < -0.4 is 15.4 Å². The van der Waals surface area contributed by atoms with Gasteiger partial charge in [0.2, 0.25) is 0 Å². The van der Waals surface area contributed by atoms with Crippen LogP contribution in [0.2, 0.25) is 0 Å². The highest BCUT2D eigenvalue weighted by atomic mass is 16.5. The van der Waals surface area contributed by atoms with Crippen LogP contribution in [0.4, 0.5) is 0 Å². The number of nitrogens with one attached hydrogen (secondary N) is 2. The molecule has 1 rings (SSSR count). The van der Waals surface area contributed by atoms with Crippen LogP contribution in [0.5, 0.6) is 5.75 Å². The molecule has 5 heteroatoms. The summed E-state index contributed by atoms with van der Waals surface area (Å²) in [6.45, 7) is 9.04. The summed E-state index contributed by atoms with van der Waals surface area (Å²) in [5, 5.41) is 6.65. The maximum Gasteiger partial charge on any atom is 0.191 e. The lowest BCUT2D eigenvalue weighted by atomic mass is 10.2. The Bertz CT molecular complexity index is 432. The van der Waals surface area contributed by atoms with E-state index in [-0.39, 0.29) is 0 Å². The predicted molar refractivity (Wildman–Crippen MR) is 91.5 cm³/mol.